The summed E-state index contributed by atoms with van der Waals surface area (Å²) in [6.07, 6.45) is 2.00. The van der Waals surface area contributed by atoms with Crippen molar-refractivity contribution in [2.45, 2.75) is 12.3 Å². The maximum absolute atomic E-state index is 8.89. The third-order valence-corrected chi connectivity index (χ3v) is 3.40. The molecule has 0 bridgehead atoms. The van der Waals surface area contributed by atoms with Crippen molar-refractivity contribution < 1.29 is 0 Å². The predicted molar refractivity (Wildman–Crippen MR) is 75.9 cm³/mol. The van der Waals surface area contributed by atoms with Crippen molar-refractivity contribution >= 4 is 27.4 Å². The summed E-state index contributed by atoms with van der Waals surface area (Å²) in [4.78, 5) is 6.66. The van der Waals surface area contributed by atoms with Crippen LogP contribution in [0.1, 0.15) is 12.6 Å². The lowest BCUT2D eigenvalue weighted by Gasteiger charge is -2.18. The van der Waals surface area contributed by atoms with Crippen LogP contribution in [0, 0.1) is 17.2 Å². The van der Waals surface area contributed by atoms with Gasteiger partial charge in [0.2, 0.25) is 0 Å². The molecule has 94 valence electrons. The zero-order valence-electron chi connectivity index (χ0n) is 10.5. The van der Waals surface area contributed by atoms with Gasteiger partial charge in [0.15, 0.2) is 5.82 Å². The van der Waals surface area contributed by atoms with E-state index >= 15 is 0 Å². The highest BCUT2D eigenvalue weighted by Gasteiger charge is 2.16. The lowest BCUT2D eigenvalue weighted by molar-refractivity contribution is 0.710. The van der Waals surface area contributed by atoms with Crippen molar-refractivity contribution in [3.05, 3.63) is 30.1 Å². The van der Waals surface area contributed by atoms with E-state index < -0.39 is 0 Å². The van der Waals surface area contributed by atoms with Gasteiger partial charge in [-0.2, -0.15) is 5.26 Å². The minimum atomic E-state index is -0.0111. The maximum atomic E-state index is 8.89. The van der Waals surface area contributed by atoms with Crippen LogP contribution in [0.5, 0.6) is 0 Å². The topological polar surface area (TPSA) is 44.3 Å². The molecular weight excluding hydrogens is 292 g/mol. The maximum Gasteiger partial charge on any atom is 0.151 e. The van der Waals surface area contributed by atoms with Crippen LogP contribution in [0.4, 0.5) is 5.82 Å². The smallest absolute Gasteiger partial charge is 0.151 e. The van der Waals surface area contributed by atoms with Gasteiger partial charge in [-0.05, 0) is 19.1 Å². The van der Waals surface area contributed by atoms with E-state index in [1.807, 2.05) is 43.3 Å². The molecule has 18 heavy (non-hydrogen) atoms. The number of nitrogens with zero attached hydrogens (tertiary/aromatic N) is 4. The molecule has 0 saturated heterocycles. The number of rotatable bonds is 4. The lowest BCUT2D eigenvalue weighted by Crippen LogP contribution is -2.24. The van der Waals surface area contributed by atoms with Crippen LogP contribution in [0.3, 0.4) is 0 Å². The molecule has 4 nitrogen and oxygen atoms in total. The predicted octanol–water partition coefficient (Wildman–Crippen LogP) is 2.83. The normalized spacial score (nSPS) is 12.3. The number of alkyl halides is 1. The van der Waals surface area contributed by atoms with Gasteiger partial charge in [0.1, 0.15) is 5.65 Å². The van der Waals surface area contributed by atoms with Gasteiger partial charge in [-0.1, -0.05) is 22.0 Å². The standard InChI is InChI=1S/C13H15BrN4/c1-10(8-15)9-17(2)13-11(7-14)18-6-4-3-5-12(18)16-13/h3-6,10H,7,9H2,1-2H3. The molecule has 0 N–H and O–H groups in total. The van der Waals surface area contributed by atoms with Crippen molar-refractivity contribution in [2.75, 3.05) is 18.5 Å². The Morgan fingerprint density at radius 1 is 1.56 bits per heavy atom. The zero-order valence-corrected chi connectivity index (χ0v) is 12.1. The molecule has 2 heterocycles. The minimum Gasteiger partial charge on any atom is -0.357 e. The Hall–Kier alpha value is -1.54. The Morgan fingerprint density at radius 2 is 2.33 bits per heavy atom. The molecule has 0 spiro atoms. The number of imidazole rings is 1. The fourth-order valence-corrected chi connectivity index (χ4v) is 2.52. The number of aromatic nitrogens is 2. The van der Waals surface area contributed by atoms with Gasteiger partial charge >= 0.3 is 0 Å². The van der Waals surface area contributed by atoms with E-state index in [9.17, 15) is 0 Å². The molecule has 0 aliphatic rings. The van der Waals surface area contributed by atoms with Crippen LogP contribution >= 0.6 is 15.9 Å². The second-order valence-electron chi connectivity index (χ2n) is 4.36. The first-order chi connectivity index (χ1) is 8.67. The average Bonchev–Trinajstić information content (AvgIpc) is 2.77. The van der Waals surface area contributed by atoms with Gasteiger partial charge in [-0.25, -0.2) is 4.98 Å². The zero-order chi connectivity index (χ0) is 13.1. The van der Waals surface area contributed by atoms with Gasteiger partial charge in [-0.15, -0.1) is 0 Å². The summed E-state index contributed by atoms with van der Waals surface area (Å²) in [6, 6.07) is 8.20. The number of pyridine rings is 1. The Morgan fingerprint density at radius 3 is 3.00 bits per heavy atom. The molecule has 1 unspecified atom stereocenters. The Bertz CT molecular complexity index is 584. The fraction of sp³-hybridized carbons (Fsp3) is 0.385. The van der Waals surface area contributed by atoms with E-state index in [0.29, 0.717) is 6.54 Å². The third kappa shape index (κ3) is 2.34. The largest absolute Gasteiger partial charge is 0.357 e. The molecule has 0 fully saturated rings. The van der Waals surface area contributed by atoms with E-state index in [-0.39, 0.29) is 5.92 Å². The monoisotopic (exact) mass is 306 g/mol. The summed E-state index contributed by atoms with van der Waals surface area (Å²) in [5.74, 6) is 0.920. The number of hydrogen-bond acceptors (Lipinski definition) is 3. The summed E-state index contributed by atoms with van der Waals surface area (Å²) < 4.78 is 2.07. The second-order valence-corrected chi connectivity index (χ2v) is 4.92. The molecule has 0 radical (unpaired) electrons. The van der Waals surface area contributed by atoms with Gasteiger partial charge in [0, 0.05) is 25.1 Å². The lowest BCUT2D eigenvalue weighted by atomic mass is 10.2. The summed E-state index contributed by atoms with van der Waals surface area (Å²) in [7, 11) is 1.97. The molecule has 0 saturated carbocycles. The van der Waals surface area contributed by atoms with Gasteiger partial charge in [0.05, 0.1) is 17.7 Å². The van der Waals surface area contributed by atoms with Crippen molar-refractivity contribution in [3.63, 3.8) is 0 Å². The van der Waals surface area contributed by atoms with E-state index in [4.69, 9.17) is 5.26 Å². The molecule has 0 aliphatic carbocycles. The van der Waals surface area contributed by atoms with Crippen LogP contribution in [0.15, 0.2) is 24.4 Å². The summed E-state index contributed by atoms with van der Waals surface area (Å²) in [5.41, 5.74) is 2.04. The first-order valence-corrected chi connectivity index (χ1v) is 6.92. The Kier molecular flexibility index (Phi) is 3.87. The SMILES string of the molecule is CC(C#N)CN(C)c1nc2ccccn2c1CBr. The molecule has 5 heteroatoms. The van der Waals surface area contributed by atoms with Crippen LogP contribution in [-0.2, 0) is 5.33 Å². The summed E-state index contributed by atoms with van der Waals surface area (Å²) >= 11 is 3.51. The van der Waals surface area contributed by atoms with E-state index in [2.05, 4.69) is 31.4 Å². The first kappa shape index (κ1) is 12.9. The van der Waals surface area contributed by atoms with E-state index in [1.165, 1.54) is 0 Å². The highest BCUT2D eigenvalue weighted by Crippen LogP contribution is 2.23. The Balaban J connectivity index is 2.41. The molecule has 2 aromatic heterocycles. The summed E-state index contributed by atoms with van der Waals surface area (Å²) in [6.45, 7) is 2.60. The number of halogens is 1. The molecule has 1 atom stereocenters. The third-order valence-electron chi connectivity index (χ3n) is 2.86. The molecule has 0 amide bonds. The molecule has 0 aromatic carbocycles. The quantitative estimate of drug-likeness (QED) is 0.816. The minimum absolute atomic E-state index is 0.0111. The molecule has 2 aromatic rings. The van der Waals surface area contributed by atoms with Gasteiger partial charge in [0.25, 0.3) is 0 Å². The molecule has 0 aliphatic heterocycles. The number of fused-ring (bicyclic) bond motifs is 1. The van der Waals surface area contributed by atoms with Gasteiger partial charge < -0.3 is 9.30 Å². The average molecular weight is 307 g/mol. The second kappa shape index (κ2) is 5.40. The first-order valence-electron chi connectivity index (χ1n) is 5.80. The number of anilines is 1. The van der Waals surface area contributed by atoms with Crippen LogP contribution in [-0.4, -0.2) is 23.0 Å². The van der Waals surface area contributed by atoms with E-state index in [0.717, 1.165) is 22.5 Å². The highest BCUT2D eigenvalue weighted by atomic mass is 79.9. The van der Waals surface area contributed by atoms with Crippen molar-refractivity contribution in [1.82, 2.24) is 9.38 Å². The van der Waals surface area contributed by atoms with Crippen LogP contribution in [0.2, 0.25) is 0 Å². The van der Waals surface area contributed by atoms with Crippen molar-refractivity contribution in [3.8, 4) is 6.07 Å². The van der Waals surface area contributed by atoms with Crippen LogP contribution in [0.25, 0.3) is 5.65 Å². The Labute approximate surface area is 115 Å². The van der Waals surface area contributed by atoms with Crippen molar-refractivity contribution in [1.29, 1.82) is 5.26 Å². The molecular formula is C13H15BrN4. The number of nitriles is 1. The fourth-order valence-electron chi connectivity index (χ4n) is 2.00. The van der Waals surface area contributed by atoms with Crippen LogP contribution < -0.4 is 4.90 Å². The van der Waals surface area contributed by atoms with Crippen molar-refractivity contribution in [2.24, 2.45) is 5.92 Å². The molecule has 2 rings (SSSR count). The highest BCUT2D eigenvalue weighted by molar-refractivity contribution is 9.08. The van der Waals surface area contributed by atoms with E-state index in [1.54, 1.807) is 0 Å². The number of hydrogen-bond donors (Lipinski definition) is 0. The summed E-state index contributed by atoms with van der Waals surface area (Å²) in [5, 5.41) is 9.62. The van der Waals surface area contributed by atoms with Gasteiger partial charge in [-0.3, -0.25) is 0 Å².